The van der Waals surface area contributed by atoms with Crippen molar-refractivity contribution in [2.75, 3.05) is 31.1 Å². The smallest absolute Gasteiger partial charge is 0.0368 e. The maximum Gasteiger partial charge on any atom is 0.0368 e. The summed E-state index contributed by atoms with van der Waals surface area (Å²) < 4.78 is 0. The number of anilines is 1. The number of rotatable bonds is 6. The van der Waals surface area contributed by atoms with Gasteiger partial charge in [0.1, 0.15) is 0 Å². The van der Waals surface area contributed by atoms with Crippen LogP contribution in [-0.2, 0) is 0 Å². The van der Waals surface area contributed by atoms with E-state index in [9.17, 15) is 0 Å². The third-order valence-electron chi connectivity index (χ3n) is 3.95. The minimum absolute atomic E-state index is 0.918. The van der Waals surface area contributed by atoms with Crippen molar-refractivity contribution in [2.24, 2.45) is 5.92 Å². The molecule has 1 aliphatic rings. The fourth-order valence-electron chi connectivity index (χ4n) is 2.83. The van der Waals surface area contributed by atoms with Crippen LogP contribution in [0.3, 0.4) is 0 Å². The molecule has 1 saturated heterocycles. The molecule has 1 unspecified atom stereocenters. The van der Waals surface area contributed by atoms with E-state index in [2.05, 4.69) is 48.3 Å². The van der Waals surface area contributed by atoms with Crippen LogP contribution in [0.4, 0.5) is 5.69 Å². The first-order valence-electron chi connectivity index (χ1n) is 7.32. The third kappa shape index (κ3) is 3.74. The molecule has 2 rings (SSSR count). The zero-order chi connectivity index (χ0) is 12.8. The van der Waals surface area contributed by atoms with Crippen molar-refractivity contribution >= 4 is 5.69 Å². The van der Waals surface area contributed by atoms with Gasteiger partial charge in [0.25, 0.3) is 0 Å². The van der Waals surface area contributed by atoms with Crippen LogP contribution in [0.2, 0.25) is 0 Å². The van der Waals surface area contributed by atoms with E-state index in [0.717, 1.165) is 12.5 Å². The van der Waals surface area contributed by atoms with E-state index >= 15 is 0 Å². The standard InChI is InChI=1S/C16H26N2/c1-3-18(16-8-4-6-14(2)12-16)11-5-7-15-9-10-17-13-15/h4,6,8,12,15,17H,3,5,7,9-11,13H2,1-2H3. The highest BCUT2D eigenvalue weighted by Gasteiger charge is 2.14. The molecule has 2 nitrogen and oxygen atoms in total. The van der Waals surface area contributed by atoms with Gasteiger partial charge in [-0.25, -0.2) is 0 Å². The van der Waals surface area contributed by atoms with E-state index in [-0.39, 0.29) is 0 Å². The third-order valence-corrected chi connectivity index (χ3v) is 3.95. The molecule has 0 radical (unpaired) electrons. The summed E-state index contributed by atoms with van der Waals surface area (Å²) >= 11 is 0. The molecule has 18 heavy (non-hydrogen) atoms. The molecule has 0 bridgehead atoms. The fraction of sp³-hybridized carbons (Fsp3) is 0.625. The van der Waals surface area contributed by atoms with E-state index in [1.807, 2.05) is 0 Å². The molecule has 0 amide bonds. The molecule has 1 aromatic rings. The van der Waals surface area contributed by atoms with Crippen LogP contribution in [-0.4, -0.2) is 26.2 Å². The molecule has 2 heteroatoms. The van der Waals surface area contributed by atoms with E-state index in [4.69, 9.17) is 0 Å². The van der Waals surface area contributed by atoms with E-state index in [1.165, 1.54) is 50.1 Å². The maximum absolute atomic E-state index is 3.45. The minimum atomic E-state index is 0.918. The summed E-state index contributed by atoms with van der Waals surface area (Å²) in [5.41, 5.74) is 2.73. The minimum Gasteiger partial charge on any atom is -0.372 e. The van der Waals surface area contributed by atoms with Crippen LogP contribution in [0.1, 0.15) is 31.7 Å². The first-order chi connectivity index (χ1) is 8.79. The van der Waals surface area contributed by atoms with Crippen molar-refractivity contribution in [3.05, 3.63) is 29.8 Å². The van der Waals surface area contributed by atoms with E-state index in [1.54, 1.807) is 0 Å². The number of hydrogen-bond acceptors (Lipinski definition) is 2. The normalized spacial score (nSPS) is 19.1. The van der Waals surface area contributed by atoms with Crippen LogP contribution in [0.25, 0.3) is 0 Å². The van der Waals surface area contributed by atoms with Gasteiger partial charge in [-0.05, 0) is 69.8 Å². The van der Waals surface area contributed by atoms with Gasteiger partial charge >= 0.3 is 0 Å². The summed E-state index contributed by atoms with van der Waals surface area (Å²) in [6, 6.07) is 8.85. The monoisotopic (exact) mass is 246 g/mol. The lowest BCUT2D eigenvalue weighted by atomic mass is 10.0. The van der Waals surface area contributed by atoms with Gasteiger partial charge in [0.15, 0.2) is 0 Å². The van der Waals surface area contributed by atoms with Crippen LogP contribution < -0.4 is 10.2 Å². The van der Waals surface area contributed by atoms with Crippen molar-refractivity contribution in [1.82, 2.24) is 5.32 Å². The molecule has 100 valence electrons. The average Bonchev–Trinajstić information content (AvgIpc) is 2.88. The summed E-state index contributed by atoms with van der Waals surface area (Å²) in [7, 11) is 0. The molecule has 0 aromatic heterocycles. The first-order valence-corrected chi connectivity index (χ1v) is 7.32. The van der Waals surface area contributed by atoms with Crippen molar-refractivity contribution in [1.29, 1.82) is 0 Å². The van der Waals surface area contributed by atoms with Gasteiger partial charge in [0.2, 0.25) is 0 Å². The van der Waals surface area contributed by atoms with Gasteiger partial charge in [0, 0.05) is 18.8 Å². The Hall–Kier alpha value is -1.02. The van der Waals surface area contributed by atoms with Gasteiger partial charge in [0.05, 0.1) is 0 Å². The fourth-order valence-corrected chi connectivity index (χ4v) is 2.83. The number of nitrogens with zero attached hydrogens (tertiary/aromatic N) is 1. The molecule has 1 atom stereocenters. The Bertz CT molecular complexity index is 356. The first kappa shape index (κ1) is 13.4. The predicted molar refractivity (Wildman–Crippen MR) is 79.3 cm³/mol. The van der Waals surface area contributed by atoms with Crippen molar-refractivity contribution in [3.8, 4) is 0 Å². The van der Waals surface area contributed by atoms with E-state index in [0.29, 0.717) is 0 Å². The number of benzene rings is 1. The van der Waals surface area contributed by atoms with Crippen molar-refractivity contribution in [2.45, 2.75) is 33.1 Å². The maximum atomic E-state index is 3.45. The SMILES string of the molecule is CCN(CCCC1CCNC1)c1cccc(C)c1. The highest BCUT2D eigenvalue weighted by Crippen LogP contribution is 2.19. The largest absolute Gasteiger partial charge is 0.372 e. The zero-order valence-corrected chi connectivity index (χ0v) is 11.8. The molecule has 0 aliphatic carbocycles. The Morgan fingerprint density at radius 3 is 2.94 bits per heavy atom. The van der Waals surface area contributed by atoms with Crippen LogP contribution in [0.5, 0.6) is 0 Å². The summed E-state index contributed by atoms with van der Waals surface area (Å²) in [6.07, 6.45) is 4.06. The molecular formula is C16H26N2. The number of hydrogen-bond donors (Lipinski definition) is 1. The summed E-state index contributed by atoms with van der Waals surface area (Å²) in [5, 5.41) is 3.45. The molecule has 1 fully saturated rings. The van der Waals surface area contributed by atoms with Crippen LogP contribution in [0.15, 0.2) is 24.3 Å². The molecule has 1 aliphatic heterocycles. The van der Waals surface area contributed by atoms with Gasteiger partial charge in [-0.2, -0.15) is 0 Å². The number of aryl methyl sites for hydroxylation is 1. The predicted octanol–water partition coefficient (Wildman–Crippen LogP) is 3.21. The summed E-state index contributed by atoms with van der Waals surface area (Å²) in [6.45, 7) is 9.17. The molecule has 0 spiro atoms. The summed E-state index contributed by atoms with van der Waals surface area (Å²) in [4.78, 5) is 2.50. The zero-order valence-electron chi connectivity index (χ0n) is 11.8. The molecular weight excluding hydrogens is 220 g/mol. The van der Waals surface area contributed by atoms with Gasteiger partial charge in [-0.15, -0.1) is 0 Å². The van der Waals surface area contributed by atoms with E-state index < -0.39 is 0 Å². The Morgan fingerprint density at radius 1 is 1.39 bits per heavy atom. The van der Waals surface area contributed by atoms with Gasteiger partial charge in [-0.1, -0.05) is 12.1 Å². The Kier molecular flexibility index (Phi) is 5.06. The number of nitrogens with one attached hydrogen (secondary N) is 1. The highest BCUT2D eigenvalue weighted by atomic mass is 15.1. The Labute approximate surface area is 111 Å². The van der Waals surface area contributed by atoms with Gasteiger partial charge < -0.3 is 10.2 Å². The second kappa shape index (κ2) is 6.79. The summed E-state index contributed by atoms with van der Waals surface area (Å²) in [5.74, 6) is 0.918. The quantitative estimate of drug-likeness (QED) is 0.829. The Morgan fingerprint density at radius 2 is 2.28 bits per heavy atom. The lowest BCUT2D eigenvalue weighted by molar-refractivity contribution is 0.508. The van der Waals surface area contributed by atoms with Crippen molar-refractivity contribution < 1.29 is 0 Å². The Balaban J connectivity index is 1.81. The molecule has 0 saturated carbocycles. The molecule has 1 N–H and O–H groups in total. The average molecular weight is 246 g/mol. The lowest BCUT2D eigenvalue weighted by Gasteiger charge is -2.24. The topological polar surface area (TPSA) is 15.3 Å². The van der Waals surface area contributed by atoms with Gasteiger partial charge in [-0.3, -0.25) is 0 Å². The highest BCUT2D eigenvalue weighted by molar-refractivity contribution is 5.48. The molecule has 1 aromatic carbocycles. The molecule has 1 heterocycles. The second-order valence-electron chi connectivity index (χ2n) is 5.42. The van der Waals surface area contributed by atoms with Crippen LogP contribution >= 0.6 is 0 Å². The lowest BCUT2D eigenvalue weighted by Crippen LogP contribution is -2.24. The van der Waals surface area contributed by atoms with Crippen molar-refractivity contribution in [3.63, 3.8) is 0 Å². The second-order valence-corrected chi connectivity index (χ2v) is 5.42. The van der Waals surface area contributed by atoms with Crippen LogP contribution in [0, 0.1) is 12.8 Å².